The van der Waals surface area contributed by atoms with Crippen LogP contribution in [0, 0.1) is 13.8 Å². The molecule has 2 aromatic heterocycles. The molecule has 0 saturated carbocycles. The first kappa shape index (κ1) is 18.3. The fourth-order valence-electron chi connectivity index (χ4n) is 3.11. The third kappa shape index (κ3) is 3.64. The molecule has 5 nitrogen and oxygen atoms in total. The van der Waals surface area contributed by atoms with E-state index in [0.717, 1.165) is 44.5 Å². The Balaban J connectivity index is 1.57. The van der Waals surface area contributed by atoms with Crippen LogP contribution in [0.4, 0.5) is 5.69 Å². The van der Waals surface area contributed by atoms with Gasteiger partial charge in [-0.15, -0.1) is 11.3 Å². The van der Waals surface area contributed by atoms with E-state index in [1.54, 1.807) is 7.11 Å². The molecule has 0 saturated heterocycles. The molecule has 1 N–H and O–H groups in total. The topological polar surface area (TPSA) is 55.6 Å². The lowest BCUT2D eigenvalue weighted by atomic mass is 10.1. The van der Waals surface area contributed by atoms with Gasteiger partial charge in [0.15, 0.2) is 4.96 Å². The highest BCUT2D eigenvalue weighted by atomic mass is 32.1. The van der Waals surface area contributed by atoms with Gasteiger partial charge in [0.2, 0.25) is 5.91 Å². The van der Waals surface area contributed by atoms with Gasteiger partial charge in [0, 0.05) is 28.5 Å². The van der Waals surface area contributed by atoms with Gasteiger partial charge < -0.3 is 10.1 Å². The molecule has 0 radical (unpaired) electrons. The third-order valence-corrected chi connectivity index (χ3v) is 5.55. The van der Waals surface area contributed by atoms with Crippen LogP contribution in [0.5, 0.6) is 5.75 Å². The number of carbonyl (C=O) groups is 1. The van der Waals surface area contributed by atoms with Crippen molar-refractivity contribution < 1.29 is 9.53 Å². The SMILES string of the molecule is COc1cccc(-c2cn3c(CC(=O)Nc4cc(C)ccc4C)csc3n2)c1. The van der Waals surface area contributed by atoms with Crippen LogP contribution in [0.25, 0.3) is 16.2 Å². The first-order valence-electron chi connectivity index (χ1n) is 9.00. The third-order valence-electron chi connectivity index (χ3n) is 4.66. The van der Waals surface area contributed by atoms with E-state index in [-0.39, 0.29) is 5.91 Å². The number of methoxy groups -OCH3 is 1. The Morgan fingerprint density at radius 3 is 2.89 bits per heavy atom. The summed E-state index contributed by atoms with van der Waals surface area (Å²) in [5, 5.41) is 5.01. The molecule has 0 spiro atoms. The summed E-state index contributed by atoms with van der Waals surface area (Å²) in [6.07, 6.45) is 2.27. The minimum Gasteiger partial charge on any atom is -0.497 e. The number of aryl methyl sites for hydroxylation is 2. The normalized spacial score (nSPS) is 11.0. The molecule has 4 aromatic rings. The van der Waals surface area contributed by atoms with Crippen LogP contribution in [0.3, 0.4) is 0 Å². The number of aromatic nitrogens is 2. The molecule has 4 rings (SSSR count). The Labute approximate surface area is 167 Å². The van der Waals surface area contributed by atoms with Crippen molar-refractivity contribution in [3.05, 3.63) is 70.9 Å². The zero-order valence-corrected chi connectivity index (χ0v) is 16.8. The molecule has 0 aliphatic rings. The number of nitrogens with one attached hydrogen (secondary N) is 1. The van der Waals surface area contributed by atoms with E-state index in [9.17, 15) is 4.79 Å². The number of anilines is 1. The number of imidazole rings is 1. The number of ether oxygens (including phenoxy) is 1. The zero-order valence-electron chi connectivity index (χ0n) is 16.0. The predicted molar refractivity (Wildman–Crippen MR) is 113 cm³/mol. The number of fused-ring (bicyclic) bond motifs is 1. The highest BCUT2D eigenvalue weighted by Crippen LogP contribution is 2.26. The van der Waals surface area contributed by atoms with Crippen LogP contribution in [0.2, 0.25) is 0 Å². The number of thiazole rings is 1. The average molecular weight is 391 g/mol. The molecule has 6 heteroatoms. The Kier molecular flexibility index (Phi) is 4.88. The van der Waals surface area contributed by atoms with E-state index < -0.39 is 0 Å². The van der Waals surface area contributed by atoms with Crippen LogP contribution in [-0.2, 0) is 11.2 Å². The van der Waals surface area contributed by atoms with Crippen LogP contribution >= 0.6 is 11.3 Å². The van der Waals surface area contributed by atoms with Crippen molar-refractivity contribution in [2.45, 2.75) is 20.3 Å². The Morgan fingerprint density at radius 1 is 1.21 bits per heavy atom. The predicted octanol–water partition coefficient (Wildman–Crippen LogP) is 4.87. The van der Waals surface area contributed by atoms with E-state index in [1.165, 1.54) is 11.3 Å². The van der Waals surface area contributed by atoms with Crippen molar-refractivity contribution in [2.75, 3.05) is 12.4 Å². The van der Waals surface area contributed by atoms with Crippen molar-refractivity contribution in [2.24, 2.45) is 0 Å². The average Bonchev–Trinajstić information content (AvgIpc) is 3.27. The summed E-state index contributed by atoms with van der Waals surface area (Å²) in [6, 6.07) is 13.9. The van der Waals surface area contributed by atoms with Crippen molar-refractivity contribution in [1.29, 1.82) is 0 Å². The summed E-state index contributed by atoms with van der Waals surface area (Å²) in [5.74, 6) is 0.756. The first-order chi connectivity index (χ1) is 13.5. The number of hydrogen-bond donors (Lipinski definition) is 1. The number of hydrogen-bond acceptors (Lipinski definition) is 4. The lowest BCUT2D eigenvalue weighted by Gasteiger charge is -2.09. The second kappa shape index (κ2) is 7.48. The summed E-state index contributed by atoms with van der Waals surface area (Å²) in [7, 11) is 1.65. The molecule has 0 unspecified atom stereocenters. The van der Waals surface area contributed by atoms with Gasteiger partial charge in [0.1, 0.15) is 5.75 Å². The van der Waals surface area contributed by atoms with Gasteiger partial charge in [0.25, 0.3) is 0 Å². The molecular weight excluding hydrogens is 370 g/mol. The smallest absolute Gasteiger partial charge is 0.230 e. The van der Waals surface area contributed by atoms with E-state index in [2.05, 4.69) is 5.32 Å². The minimum absolute atomic E-state index is 0.0370. The van der Waals surface area contributed by atoms with Gasteiger partial charge in [-0.2, -0.15) is 0 Å². The summed E-state index contributed by atoms with van der Waals surface area (Å²) in [4.78, 5) is 18.1. The van der Waals surface area contributed by atoms with Crippen LogP contribution in [-0.4, -0.2) is 22.4 Å². The van der Waals surface area contributed by atoms with Gasteiger partial charge in [-0.25, -0.2) is 4.98 Å². The van der Waals surface area contributed by atoms with Crippen LogP contribution in [0.15, 0.2) is 54.0 Å². The number of amides is 1. The van der Waals surface area contributed by atoms with Gasteiger partial charge in [-0.1, -0.05) is 24.3 Å². The molecule has 0 aliphatic carbocycles. The second-order valence-electron chi connectivity index (χ2n) is 6.78. The molecular formula is C22H21N3O2S. The molecule has 0 atom stereocenters. The number of carbonyl (C=O) groups excluding carboxylic acids is 1. The molecule has 2 aromatic carbocycles. The summed E-state index contributed by atoms with van der Waals surface area (Å²) < 4.78 is 7.29. The number of nitrogens with zero attached hydrogens (tertiary/aromatic N) is 2. The summed E-state index contributed by atoms with van der Waals surface area (Å²) >= 11 is 1.53. The fraction of sp³-hybridized carbons (Fsp3) is 0.182. The molecule has 2 heterocycles. The van der Waals surface area contributed by atoms with E-state index >= 15 is 0 Å². The lowest BCUT2D eigenvalue weighted by Crippen LogP contribution is -2.16. The lowest BCUT2D eigenvalue weighted by molar-refractivity contribution is -0.115. The highest BCUT2D eigenvalue weighted by Gasteiger charge is 2.14. The maximum Gasteiger partial charge on any atom is 0.230 e. The molecule has 1 amide bonds. The fourth-order valence-corrected chi connectivity index (χ4v) is 3.98. The number of benzene rings is 2. The number of rotatable bonds is 5. The van der Waals surface area contributed by atoms with Crippen LogP contribution in [0.1, 0.15) is 16.8 Å². The van der Waals surface area contributed by atoms with E-state index in [0.29, 0.717) is 6.42 Å². The largest absolute Gasteiger partial charge is 0.497 e. The highest BCUT2D eigenvalue weighted by molar-refractivity contribution is 7.15. The minimum atomic E-state index is -0.0370. The van der Waals surface area contributed by atoms with E-state index in [1.807, 2.05) is 72.3 Å². The Bertz CT molecular complexity index is 1160. The maximum absolute atomic E-state index is 12.6. The van der Waals surface area contributed by atoms with Gasteiger partial charge in [-0.05, 0) is 43.2 Å². The van der Waals surface area contributed by atoms with Crippen molar-refractivity contribution in [3.8, 4) is 17.0 Å². The maximum atomic E-state index is 12.6. The van der Waals surface area contributed by atoms with Gasteiger partial charge >= 0.3 is 0 Å². The van der Waals surface area contributed by atoms with Crippen molar-refractivity contribution >= 4 is 27.9 Å². The quantitative estimate of drug-likeness (QED) is 0.528. The molecule has 0 fully saturated rings. The van der Waals surface area contributed by atoms with E-state index in [4.69, 9.17) is 9.72 Å². The first-order valence-corrected chi connectivity index (χ1v) is 9.88. The Hall–Kier alpha value is -3.12. The van der Waals surface area contributed by atoms with Gasteiger partial charge in [0.05, 0.1) is 19.2 Å². The molecule has 0 bridgehead atoms. The standard InChI is InChI=1S/C22H21N3O2S/c1-14-7-8-15(2)19(9-14)23-21(26)11-17-13-28-22-24-20(12-25(17)22)16-5-4-6-18(10-16)27-3/h4-10,12-13H,11H2,1-3H3,(H,23,26). The van der Waals surface area contributed by atoms with Crippen molar-refractivity contribution in [3.63, 3.8) is 0 Å². The second-order valence-corrected chi connectivity index (χ2v) is 7.62. The van der Waals surface area contributed by atoms with Crippen LogP contribution < -0.4 is 10.1 Å². The zero-order chi connectivity index (χ0) is 19.7. The summed E-state index contributed by atoms with van der Waals surface area (Å²) in [5.41, 5.74) is 5.81. The molecule has 142 valence electrons. The summed E-state index contributed by atoms with van der Waals surface area (Å²) in [6.45, 7) is 4.01. The molecule has 28 heavy (non-hydrogen) atoms. The van der Waals surface area contributed by atoms with Crippen molar-refractivity contribution in [1.82, 2.24) is 9.38 Å². The molecule has 0 aliphatic heterocycles. The van der Waals surface area contributed by atoms with Gasteiger partial charge in [-0.3, -0.25) is 9.20 Å². The monoisotopic (exact) mass is 391 g/mol. The Morgan fingerprint density at radius 2 is 2.07 bits per heavy atom.